The zero-order valence-corrected chi connectivity index (χ0v) is 21.8. The van der Waals surface area contributed by atoms with Crippen molar-refractivity contribution in [3.8, 4) is 0 Å². The van der Waals surface area contributed by atoms with Crippen LogP contribution in [0.5, 0.6) is 0 Å². The highest BCUT2D eigenvalue weighted by atomic mass is 79.9. The number of hydrogen-bond donors (Lipinski definition) is 0. The van der Waals surface area contributed by atoms with Crippen LogP contribution in [-0.2, 0) is 27.2 Å². The number of piperazine rings is 1. The lowest BCUT2D eigenvalue weighted by Gasteiger charge is -2.35. The van der Waals surface area contributed by atoms with E-state index < -0.39 is 0 Å². The molecule has 4 aromatic rings. The van der Waals surface area contributed by atoms with Gasteiger partial charge in [0.2, 0.25) is 5.95 Å². The standard InChI is InChI=1S/C26H29BrN6O2/c1-18-4-6-19(7-5-18)16-31-12-14-32(15-13-31)25-28-23-22(24(34)30(3)26(35)29(23)2)33(25)17-20-8-10-21(27)11-9-20/h4-11H,12-17H2,1-3H3. The number of nitrogens with zero attached hydrogens (tertiary/aromatic N) is 6. The van der Waals surface area contributed by atoms with Gasteiger partial charge in [0.05, 0.1) is 6.54 Å². The average Bonchev–Trinajstić information content (AvgIpc) is 3.24. The van der Waals surface area contributed by atoms with Crippen LogP contribution in [-0.4, -0.2) is 49.8 Å². The van der Waals surface area contributed by atoms with Gasteiger partial charge in [-0.05, 0) is 30.2 Å². The monoisotopic (exact) mass is 536 g/mol. The summed E-state index contributed by atoms with van der Waals surface area (Å²) in [5, 5.41) is 0. The molecule has 0 bridgehead atoms. The highest BCUT2D eigenvalue weighted by Gasteiger charge is 2.25. The van der Waals surface area contributed by atoms with Crippen molar-refractivity contribution in [1.29, 1.82) is 0 Å². The van der Waals surface area contributed by atoms with Crippen LogP contribution in [0.4, 0.5) is 5.95 Å². The Balaban J connectivity index is 1.48. The Labute approximate surface area is 212 Å². The molecule has 3 heterocycles. The third-order valence-electron chi connectivity index (χ3n) is 6.76. The summed E-state index contributed by atoms with van der Waals surface area (Å²) in [6.45, 7) is 6.90. The van der Waals surface area contributed by atoms with E-state index in [2.05, 4.69) is 56.9 Å². The van der Waals surface area contributed by atoms with Crippen molar-refractivity contribution >= 4 is 33.0 Å². The van der Waals surface area contributed by atoms with Crippen LogP contribution < -0.4 is 16.1 Å². The molecule has 0 amide bonds. The summed E-state index contributed by atoms with van der Waals surface area (Å²) in [5.41, 5.74) is 3.82. The van der Waals surface area contributed by atoms with Gasteiger partial charge in [0.1, 0.15) is 0 Å². The van der Waals surface area contributed by atoms with E-state index in [-0.39, 0.29) is 11.2 Å². The Morgan fingerprint density at radius 2 is 1.43 bits per heavy atom. The fourth-order valence-electron chi connectivity index (χ4n) is 4.66. The summed E-state index contributed by atoms with van der Waals surface area (Å²) in [7, 11) is 3.19. The van der Waals surface area contributed by atoms with Crippen LogP contribution in [0.2, 0.25) is 0 Å². The lowest BCUT2D eigenvalue weighted by Crippen LogP contribution is -2.47. The SMILES string of the molecule is Cc1ccc(CN2CCN(c3nc4c(c(=O)n(C)c(=O)n4C)n3Cc3ccc(Br)cc3)CC2)cc1. The molecule has 0 atom stereocenters. The van der Waals surface area contributed by atoms with E-state index in [0.29, 0.717) is 17.7 Å². The molecule has 8 nitrogen and oxygen atoms in total. The number of aromatic nitrogens is 4. The first-order valence-corrected chi connectivity index (χ1v) is 12.5. The third-order valence-corrected chi connectivity index (χ3v) is 7.29. The maximum Gasteiger partial charge on any atom is 0.332 e. The molecular weight excluding hydrogens is 508 g/mol. The molecule has 0 N–H and O–H groups in total. The molecule has 1 aliphatic rings. The number of halogens is 1. The van der Waals surface area contributed by atoms with E-state index in [1.165, 1.54) is 22.7 Å². The molecule has 0 unspecified atom stereocenters. The maximum atomic E-state index is 13.2. The molecule has 1 fully saturated rings. The van der Waals surface area contributed by atoms with Gasteiger partial charge in [-0.15, -0.1) is 0 Å². The molecule has 5 rings (SSSR count). The van der Waals surface area contributed by atoms with Crippen LogP contribution >= 0.6 is 15.9 Å². The van der Waals surface area contributed by atoms with Gasteiger partial charge in [-0.25, -0.2) is 4.79 Å². The highest BCUT2D eigenvalue weighted by Crippen LogP contribution is 2.23. The van der Waals surface area contributed by atoms with E-state index in [1.54, 1.807) is 7.05 Å². The average molecular weight is 537 g/mol. The van der Waals surface area contributed by atoms with Crippen molar-refractivity contribution in [2.24, 2.45) is 14.1 Å². The summed E-state index contributed by atoms with van der Waals surface area (Å²) in [5.74, 6) is 0.733. The maximum absolute atomic E-state index is 13.2. The van der Waals surface area contributed by atoms with Gasteiger partial charge in [-0.2, -0.15) is 4.98 Å². The summed E-state index contributed by atoms with van der Waals surface area (Å²) in [6, 6.07) is 16.7. The Morgan fingerprint density at radius 1 is 0.829 bits per heavy atom. The first-order chi connectivity index (χ1) is 16.8. The lowest BCUT2D eigenvalue weighted by molar-refractivity contribution is 0.248. The minimum absolute atomic E-state index is 0.322. The van der Waals surface area contributed by atoms with E-state index in [0.717, 1.165) is 53.3 Å². The smallest absolute Gasteiger partial charge is 0.332 e. The molecule has 182 valence electrons. The first kappa shape index (κ1) is 23.6. The second-order valence-corrected chi connectivity index (χ2v) is 10.2. The lowest BCUT2D eigenvalue weighted by atomic mass is 10.1. The van der Waals surface area contributed by atoms with Crippen molar-refractivity contribution < 1.29 is 0 Å². The number of benzene rings is 2. The number of rotatable bonds is 5. The van der Waals surface area contributed by atoms with Gasteiger partial charge >= 0.3 is 5.69 Å². The fourth-order valence-corrected chi connectivity index (χ4v) is 4.92. The van der Waals surface area contributed by atoms with Crippen molar-refractivity contribution in [3.63, 3.8) is 0 Å². The van der Waals surface area contributed by atoms with Crippen LogP contribution in [0, 0.1) is 6.92 Å². The summed E-state index contributed by atoms with van der Waals surface area (Å²) < 4.78 is 5.59. The Morgan fingerprint density at radius 3 is 2.09 bits per heavy atom. The van der Waals surface area contributed by atoms with Crippen molar-refractivity contribution in [2.75, 3.05) is 31.1 Å². The molecule has 1 saturated heterocycles. The summed E-state index contributed by atoms with van der Waals surface area (Å²) in [6.07, 6.45) is 0. The zero-order chi connectivity index (χ0) is 24.7. The summed E-state index contributed by atoms with van der Waals surface area (Å²) in [4.78, 5) is 35.3. The Hall–Kier alpha value is -3.17. The number of anilines is 1. The van der Waals surface area contributed by atoms with Gasteiger partial charge in [0.15, 0.2) is 11.2 Å². The third kappa shape index (κ3) is 4.58. The molecule has 0 radical (unpaired) electrons. The van der Waals surface area contributed by atoms with Gasteiger partial charge in [-0.3, -0.25) is 23.4 Å². The van der Waals surface area contributed by atoms with Crippen LogP contribution in [0.25, 0.3) is 11.2 Å². The van der Waals surface area contributed by atoms with Crippen molar-refractivity contribution in [2.45, 2.75) is 20.0 Å². The largest absolute Gasteiger partial charge is 0.340 e. The highest BCUT2D eigenvalue weighted by molar-refractivity contribution is 9.10. The predicted octanol–water partition coefficient (Wildman–Crippen LogP) is 2.88. The molecule has 9 heteroatoms. The quantitative estimate of drug-likeness (QED) is 0.392. The molecule has 1 aliphatic heterocycles. The Kier molecular flexibility index (Phi) is 6.37. The molecule has 0 saturated carbocycles. The van der Waals surface area contributed by atoms with Gasteiger partial charge in [-0.1, -0.05) is 57.9 Å². The van der Waals surface area contributed by atoms with Crippen LogP contribution in [0.15, 0.2) is 62.6 Å². The number of imidazole rings is 1. The van der Waals surface area contributed by atoms with Crippen LogP contribution in [0.3, 0.4) is 0 Å². The zero-order valence-electron chi connectivity index (χ0n) is 20.2. The number of fused-ring (bicyclic) bond motifs is 1. The Bertz CT molecular complexity index is 1480. The van der Waals surface area contributed by atoms with E-state index in [9.17, 15) is 9.59 Å². The van der Waals surface area contributed by atoms with E-state index in [4.69, 9.17) is 4.98 Å². The molecule has 2 aromatic carbocycles. The normalized spacial score (nSPS) is 14.7. The molecular formula is C26H29BrN6O2. The molecule has 35 heavy (non-hydrogen) atoms. The minimum atomic E-state index is -0.370. The number of aryl methyl sites for hydroxylation is 2. The molecule has 0 aliphatic carbocycles. The number of hydrogen-bond acceptors (Lipinski definition) is 5. The van der Waals surface area contributed by atoms with Crippen molar-refractivity contribution in [3.05, 3.63) is 90.5 Å². The predicted molar refractivity (Wildman–Crippen MR) is 142 cm³/mol. The van der Waals surface area contributed by atoms with E-state index >= 15 is 0 Å². The topological polar surface area (TPSA) is 68.3 Å². The fraction of sp³-hybridized carbons (Fsp3) is 0.346. The van der Waals surface area contributed by atoms with Crippen LogP contribution in [0.1, 0.15) is 16.7 Å². The second-order valence-electron chi connectivity index (χ2n) is 9.25. The first-order valence-electron chi connectivity index (χ1n) is 11.8. The van der Waals surface area contributed by atoms with Gasteiger partial charge in [0, 0.05) is 51.3 Å². The molecule has 2 aromatic heterocycles. The molecule has 0 spiro atoms. The van der Waals surface area contributed by atoms with Gasteiger partial charge in [0.25, 0.3) is 5.56 Å². The van der Waals surface area contributed by atoms with Crippen molar-refractivity contribution in [1.82, 2.24) is 23.6 Å². The van der Waals surface area contributed by atoms with E-state index in [1.807, 2.05) is 28.8 Å². The second kappa shape index (κ2) is 9.47. The minimum Gasteiger partial charge on any atom is -0.340 e. The van der Waals surface area contributed by atoms with Gasteiger partial charge < -0.3 is 4.90 Å². The summed E-state index contributed by atoms with van der Waals surface area (Å²) >= 11 is 3.49.